The molecule has 1 heterocycles. The van der Waals surface area contributed by atoms with E-state index < -0.39 is 0 Å². The molecule has 1 saturated heterocycles. The summed E-state index contributed by atoms with van der Waals surface area (Å²) in [6.45, 7) is 10.4. The van der Waals surface area contributed by atoms with Crippen molar-refractivity contribution in [2.75, 3.05) is 19.6 Å². The number of carbonyl (C=O) groups is 1. The van der Waals surface area contributed by atoms with Gasteiger partial charge in [0.15, 0.2) is 0 Å². The molecule has 116 valence electrons. The van der Waals surface area contributed by atoms with Crippen LogP contribution in [0.15, 0.2) is 0 Å². The van der Waals surface area contributed by atoms with Crippen LogP contribution in [0.3, 0.4) is 0 Å². The fraction of sp³-hybridized carbons (Fsp3) is 0.944. The predicted molar refractivity (Wildman–Crippen MR) is 84.7 cm³/mol. The normalized spacial score (nSPS) is 30.1. The summed E-state index contributed by atoms with van der Waals surface area (Å²) >= 11 is 0. The van der Waals surface area contributed by atoms with Crippen molar-refractivity contribution in [1.29, 1.82) is 0 Å². The largest absolute Gasteiger partial charge is 0.303 e. The molecule has 2 unspecified atom stereocenters. The van der Waals surface area contributed by atoms with Gasteiger partial charge in [-0.25, -0.2) is 0 Å². The first-order chi connectivity index (χ1) is 9.60. The zero-order valence-electron chi connectivity index (χ0n) is 13.7. The molecule has 0 N–H and O–H groups in total. The summed E-state index contributed by atoms with van der Waals surface area (Å²) in [4.78, 5) is 14.7. The Morgan fingerprint density at radius 2 is 1.90 bits per heavy atom. The highest BCUT2D eigenvalue weighted by atomic mass is 16.1. The summed E-state index contributed by atoms with van der Waals surface area (Å²) in [6.07, 6.45) is 8.52. The zero-order chi connectivity index (χ0) is 14.5. The van der Waals surface area contributed by atoms with E-state index in [4.69, 9.17) is 0 Å². The maximum atomic E-state index is 12.2. The standard InChI is InChI=1S/C18H33NO/c1-4-5-15-8-10-19(11-9-15)13-17-12-16(14(2)3)6-7-18(17)20/h14-17H,4-13H2,1-3H3. The second-order valence-corrected chi connectivity index (χ2v) is 7.47. The fourth-order valence-corrected chi connectivity index (χ4v) is 4.11. The molecule has 0 aromatic heterocycles. The van der Waals surface area contributed by atoms with E-state index in [2.05, 4.69) is 25.7 Å². The highest BCUT2D eigenvalue weighted by molar-refractivity contribution is 5.82. The van der Waals surface area contributed by atoms with Gasteiger partial charge in [0, 0.05) is 18.9 Å². The molecule has 0 bridgehead atoms. The zero-order valence-corrected chi connectivity index (χ0v) is 13.7. The number of carbonyl (C=O) groups excluding carboxylic acids is 1. The minimum atomic E-state index is 0.332. The van der Waals surface area contributed by atoms with E-state index in [9.17, 15) is 4.79 Å². The van der Waals surface area contributed by atoms with E-state index in [-0.39, 0.29) is 0 Å². The Kier molecular flexibility index (Phi) is 6.07. The third-order valence-corrected chi connectivity index (χ3v) is 5.63. The molecule has 1 aliphatic heterocycles. The summed E-state index contributed by atoms with van der Waals surface area (Å²) in [5.74, 6) is 3.33. The van der Waals surface area contributed by atoms with Gasteiger partial charge in [-0.05, 0) is 56.5 Å². The lowest BCUT2D eigenvalue weighted by atomic mass is 9.75. The third kappa shape index (κ3) is 4.31. The summed E-state index contributed by atoms with van der Waals surface area (Å²) in [5.41, 5.74) is 0. The van der Waals surface area contributed by atoms with Crippen LogP contribution in [-0.4, -0.2) is 30.3 Å². The maximum absolute atomic E-state index is 12.2. The van der Waals surface area contributed by atoms with Gasteiger partial charge in [-0.1, -0.05) is 33.6 Å². The molecule has 2 atom stereocenters. The molecule has 2 aliphatic rings. The van der Waals surface area contributed by atoms with E-state index in [1.807, 2.05) is 0 Å². The van der Waals surface area contributed by atoms with Crippen LogP contribution >= 0.6 is 0 Å². The van der Waals surface area contributed by atoms with Crippen LogP contribution < -0.4 is 0 Å². The maximum Gasteiger partial charge on any atom is 0.137 e. The van der Waals surface area contributed by atoms with Crippen molar-refractivity contribution in [2.24, 2.45) is 23.7 Å². The van der Waals surface area contributed by atoms with E-state index >= 15 is 0 Å². The van der Waals surface area contributed by atoms with E-state index in [0.29, 0.717) is 11.7 Å². The second-order valence-electron chi connectivity index (χ2n) is 7.47. The van der Waals surface area contributed by atoms with Crippen LogP contribution in [0.5, 0.6) is 0 Å². The molecule has 1 aliphatic carbocycles. The summed E-state index contributed by atoms with van der Waals surface area (Å²) in [7, 11) is 0. The lowest BCUT2D eigenvalue weighted by Crippen LogP contribution is -2.41. The minimum Gasteiger partial charge on any atom is -0.303 e. The van der Waals surface area contributed by atoms with Gasteiger partial charge in [0.1, 0.15) is 5.78 Å². The number of Topliss-reactive ketones (excluding diaryl/α,β-unsaturated/α-hetero) is 1. The van der Waals surface area contributed by atoms with Crippen molar-refractivity contribution in [3.63, 3.8) is 0 Å². The Morgan fingerprint density at radius 1 is 1.20 bits per heavy atom. The van der Waals surface area contributed by atoms with E-state index in [1.165, 1.54) is 38.8 Å². The van der Waals surface area contributed by atoms with Crippen molar-refractivity contribution < 1.29 is 4.79 Å². The number of ketones is 1. The molecular formula is C18H33NO. The van der Waals surface area contributed by atoms with Crippen LogP contribution in [0.4, 0.5) is 0 Å². The highest BCUT2D eigenvalue weighted by Gasteiger charge is 2.32. The average molecular weight is 279 g/mol. The van der Waals surface area contributed by atoms with Gasteiger partial charge in [0.05, 0.1) is 0 Å². The van der Waals surface area contributed by atoms with Crippen LogP contribution in [0.2, 0.25) is 0 Å². The predicted octanol–water partition coefficient (Wildman–Crippen LogP) is 4.14. The van der Waals surface area contributed by atoms with Gasteiger partial charge in [0.2, 0.25) is 0 Å². The lowest BCUT2D eigenvalue weighted by Gasteiger charge is -2.37. The van der Waals surface area contributed by atoms with Gasteiger partial charge in [-0.2, -0.15) is 0 Å². The molecule has 2 rings (SSSR count). The molecule has 2 fully saturated rings. The van der Waals surface area contributed by atoms with Crippen LogP contribution in [-0.2, 0) is 4.79 Å². The van der Waals surface area contributed by atoms with Gasteiger partial charge in [0.25, 0.3) is 0 Å². The highest BCUT2D eigenvalue weighted by Crippen LogP contribution is 2.33. The van der Waals surface area contributed by atoms with Crippen molar-refractivity contribution in [1.82, 2.24) is 4.90 Å². The Morgan fingerprint density at radius 3 is 2.50 bits per heavy atom. The molecule has 0 aromatic carbocycles. The molecule has 0 spiro atoms. The van der Waals surface area contributed by atoms with Gasteiger partial charge in [-0.15, -0.1) is 0 Å². The Bertz CT molecular complexity index is 305. The first kappa shape index (κ1) is 16.0. The lowest BCUT2D eigenvalue weighted by molar-refractivity contribution is -0.126. The summed E-state index contributed by atoms with van der Waals surface area (Å²) in [6, 6.07) is 0. The Balaban J connectivity index is 1.79. The number of piperidine rings is 1. The van der Waals surface area contributed by atoms with Crippen molar-refractivity contribution in [3.05, 3.63) is 0 Å². The molecule has 20 heavy (non-hydrogen) atoms. The molecular weight excluding hydrogens is 246 g/mol. The molecule has 0 radical (unpaired) electrons. The Hall–Kier alpha value is -0.370. The number of rotatable bonds is 5. The molecule has 0 aromatic rings. The third-order valence-electron chi connectivity index (χ3n) is 5.63. The smallest absolute Gasteiger partial charge is 0.137 e. The number of hydrogen-bond acceptors (Lipinski definition) is 2. The van der Waals surface area contributed by atoms with Gasteiger partial charge in [-0.3, -0.25) is 4.79 Å². The van der Waals surface area contributed by atoms with Gasteiger partial charge >= 0.3 is 0 Å². The minimum absolute atomic E-state index is 0.332. The summed E-state index contributed by atoms with van der Waals surface area (Å²) < 4.78 is 0. The van der Waals surface area contributed by atoms with Gasteiger partial charge < -0.3 is 4.90 Å². The summed E-state index contributed by atoms with van der Waals surface area (Å²) in [5, 5.41) is 0. The van der Waals surface area contributed by atoms with E-state index in [1.54, 1.807) is 0 Å². The fourth-order valence-electron chi connectivity index (χ4n) is 4.11. The first-order valence-corrected chi connectivity index (χ1v) is 8.85. The average Bonchev–Trinajstić information content (AvgIpc) is 2.43. The molecule has 0 amide bonds. The number of likely N-dealkylation sites (tertiary alicyclic amines) is 1. The topological polar surface area (TPSA) is 20.3 Å². The first-order valence-electron chi connectivity index (χ1n) is 8.85. The van der Waals surface area contributed by atoms with Crippen molar-refractivity contribution in [3.8, 4) is 0 Å². The quantitative estimate of drug-likeness (QED) is 0.754. The number of nitrogens with zero attached hydrogens (tertiary/aromatic N) is 1. The van der Waals surface area contributed by atoms with Crippen molar-refractivity contribution >= 4 is 5.78 Å². The second kappa shape index (κ2) is 7.59. The molecule has 2 heteroatoms. The number of hydrogen-bond donors (Lipinski definition) is 0. The van der Waals surface area contributed by atoms with Crippen LogP contribution in [0, 0.1) is 23.7 Å². The van der Waals surface area contributed by atoms with E-state index in [0.717, 1.165) is 43.6 Å². The van der Waals surface area contributed by atoms with Crippen molar-refractivity contribution in [2.45, 2.75) is 65.7 Å². The Labute approximate surface area is 125 Å². The SMILES string of the molecule is CCCC1CCN(CC2CC(C(C)C)CCC2=O)CC1. The monoisotopic (exact) mass is 279 g/mol. The molecule has 2 nitrogen and oxygen atoms in total. The van der Waals surface area contributed by atoms with Crippen LogP contribution in [0.1, 0.15) is 65.7 Å². The molecule has 1 saturated carbocycles. The van der Waals surface area contributed by atoms with Crippen LogP contribution in [0.25, 0.3) is 0 Å².